The highest BCUT2D eigenvalue weighted by molar-refractivity contribution is 7.47. The number of phosphoric ester groups is 1. The van der Waals surface area contributed by atoms with Crippen LogP contribution < -0.4 is 0 Å². The standard InChI is InChI=1S/C51H81O14P/c1-3-5-7-9-11-12-13-14-15-16-17-18-19-20-21-22-27-31-35-39-45(54)64-43(41-63-66(60,61)65-51-49(58)47(56)46(55)48(57)50(51)59)40-62-44(53)38-34-30-26-24-23-25-29-33-37-42(52)36-32-28-10-8-6-4-2/h5,7,11-12,14-15,17-18,20-21,24-26,28-29,32-33,37,42-43,46-52,55-59H,3-4,6,8-10,13,16,19,22-23,27,30-31,34-36,38-41H2,1-2H3,(H,60,61)/b7-5-,12-11-,15-14-,18-17-,21-20-,26-24-,29-25-,32-28-,37-33+/t42-,43-,46?,47-,48+,49-,50-,51?/m1/s1. The highest BCUT2D eigenvalue weighted by Crippen LogP contribution is 2.47. The van der Waals surface area contributed by atoms with Gasteiger partial charge in [-0.3, -0.25) is 18.6 Å². The second-order valence-corrected chi connectivity index (χ2v) is 17.5. The number of unbranched alkanes of at least 4 members (excludes halogenated alkanes) is 7. The molecule has 15 heteroatoms. The van der Waals surface area contributed by atoms with Gasteiger partial charge in [-0.1, -0.05) is 142 Å². The van der Waals surface area contributed by atoms with E-state index in [1.807, 2.05) is 36.5 Å². The molecule has 7 N–H and O–H groups in total. The molecule has 0 aromatic heterocycles. The van der Waals surface area contributed by atoms with Gasteiger partial charge in [-0.25, -0.2) is 4.57 Å². The van der Waals surface area contributed by atoms with Crippen molar-refractivity contribution in [2.24, 2.45) is 0 Å². The van der Waals surface area contributed by atoms with E-state index in [4.69, 9.17) is 18.5 Å². The zero-order chi connectivity index (χ0) is 48.7. The summed E-state index contributed by atoms with van der Waals surface area (Å²) in [6.07, 6.45) is 37.3. The first-order valence-corrected chi connectivity index (χ1v) is 25.3. The molecule has 1 fully saturated rings. The molecule has 0 spiro atoms. The SMILES string of the molecule is CC/C=C\C/C=C\C/C=C\C/C=C\C/C=C\CCCCCC(=O)O[C@H](COC(=O)CCC/C=C\C/C=C\C=C\[C@H](O)C/C=C\CCCCC)COP(=O)(O)OC1[C@H](O)[C@H](O)C(O)[C@H](O)[C@H]1O. The lowest BCUT2D eigenvalue weighted by molar-refractivity contribution is -0.220. The highest BCUT2D eigenvalue weighted by Gasteiger charge is 2.51. The maximum absolute atomic E-state index is 12.8. The van der Waals surface area contributed by atoms with Crippen LogP contribution in [0.3, 0.4) is 0 Å². The van der Waals surface area contributed by atoms with Crippen LogP contribution in [0.2, 0.25) is 0 Å². The van der Waals surface area contributed by atoms with Crippen molar-refractivity contribution >= 4 is 19.8 Å². The Kier molecular flexibility index (Phi) is 36.2. The minimum atomic E-state index is -5.16. The van der Waals surface area contributed by atoms with E-state index in [2.05, 4.69) is 80.7 Å². The fraction of sp³-hybridized carbons (Fsp3) is 0.608. The van der Waals surface area contributed by atoms with Crippen LogP contribution in [0.25, 0.3) is 0 Å². The molecule has 1 saturated carbocycles. The van der Waals surface area contributed by atoms with Crippen molar-refractivity contribution in [3.8, 4) is 0 Å². The number of esters is 2. The molecule has 0 amide bonds. The van der Waals surface area contributed by atoms with Crippen molar-refractivity contribution in [3.63, 3.8) is 0 Å². The Morgan fingerprint density at radius 1 is 0.561 bits per heavy atom. The summed E-state index contributed by atoms with van der Waals surface area (Å²) in [5, 5.41) is 60.2. The van der Waals surface area contributed by atoms with Crippen molar-refractivity contribution < 1.29 is 68.2 Å². The van der Waals surface area contributed by atoms with Crippen LogP contribution in [0.4, 0.5) is 0 Å². The quantitative estimate of drug-likeness (QED) is 0.0102. The van der Waals surface area contributed by atoms with Gasteiger partial charge in [0.2, 0.25) is 0 Å². The Bertz CT molecular complexity index is 1580. The number of ether oxygens (including phenoxy) is 2. The lowest BCUT2D eigenvalue weighted by Crippen LogP contribution is -2.64. The van der Waals surface area contributed by atoms with Gasteiger partial charge < -0.3 is 45.0 Å². The fourth-order valence-corrected chi connectivity index (χ4v) is 7.30. The fourth-order valence-electron chi connectivity index (χ4n) is 6.33. The van der Waals surface area contributed by atoms with Gasteiger partial charge in [0.05, 0.1) is 12.7 Å². The summed E-state index contributed by atoms with van der Waals surface area (Å²) in [5.41, 5.74) is 0. The number of carbonyl (C=O) groups is 2. The summed E-state index contributed by atoms with van der Waals surface area (Å²) < 4.78 is 33.4. The molecule has 0 aliphatic heterocycles. The minimum absolute atomic E-state index is 0.0264. The van der Waals surface area contributed by atoms with Gasteiger partial charge in [-0.05, 0) is 89.9 Å². The molecule has 374 valence electrons. The molecule has 14 nitrogen and oxygen atoms in total. The molecule has 3 unspecified atom stereocenters. The molecule has 66 heavy (non-hydrogen) atoms. The Labute approximate surface area is 394 Å². The van der Waals surface area contributed by atoms with Gasteiger partial charge in [-0.2, -0.15) is 0 Å². The van der Waals surface area contributed by atoms with Crippen molar-refractivity contribution in [3.05, 3.63) is 109 Å². The molecule has 0 aromatic rings. The van der Waals surface area contributed by atoms with Crippen LogP contribution in [0.1, 0.15) is 136 Å². The number of hydrogen-bond acceptors (Lipinski definition) is 13. The number of aliphatic hydroxyl groups is 6. The van der Waals surface area contributed by atoms with Crippen LogP contribution in [0.5, 0.6) is 0 Å². The second kappa shape index (κ2) is 39.5. The lowest BCUT2D eigenvalue weighted by Gasteiger charge is -2.41. The highest BCUT2D eigenvalue weighted by atomic mass is 31.2. The summed E-state index contributed by atoms with van der Waals surface area (Å²) in [6.45, 7) is 2.99. The molecule has 1 aliphatic rings. The smallest absolute Gasteiger partial charge is 0.462 e. The number of carbonyl (C=O) groups excluding carboxylic acids is 2. The van der Waals surface area contributed by atoms with E-state index in [1.54, 1.807) is 6.08 Å². The Morgan fingerprint density at radius 3 is 1.65 bits per heavy atom. The van der Waals surface area contributed by atoms with Crippen LogP contribution in [0, 0.1) is 0 Å². The molecule has 9 atom stereocenters. The molecular weight excluding hydrogens is 868 g/mol. The van der Waals surface area contributed by atoms with Gasteiger partial charge in [0.25, 0.3) is 0 Å². The van der Waals surface area contributed by atoms with Gasteiger partial charge in [0.1, 0.15) is 43.2 Å². The molecule has 0 bridgehead atoms. The van der Waals surface area contributed by atoms with E-state index in [1.165, 1.54) is 12.8 Å². The zero-order valence-electron chi connectivity index (χ0n) is 39.3. The maximum atomic E-state index is 12.8. The van der Waals surface area contributed by atoms with Crippen molar-refractivity contribution in [2.45, 2.75) is 185 Å². The van der Waals surface area contributed by atoms with E-state index in [0.29, 0.717) is 32.1 Å². The van der Waals surface area contributed by atoms with E-state index in [-0.39, 0.29) is 12.8 Å². The first-order valence-electron chi connectivity index (χ1n) is 23.8. The topological polar surface area (TPSA) is 230 Å². The van der Waals surface area contributed by atoms with Crippen LogP contribution in [-0.2, 0) is 32.7 Å². The predicted octanol–water partition coefficient (Wildman–Crippen LogP) is 8.58. The van der Waals surface area contributed by atoms with E-state index >= 15 is 0 Å². The minimum Gasteiger partial charge on any atom is -0.462 e. The van der Waals surface area contributed by atoms with Crippen molar-refractivity contribution in [1.82, 2.24) is 0 Å². The third-order valence-corrected chi connectivity index (χ3v) is 11.2. The van der Waals surface area contributed by atoms with E-state index in [9.17, 15) is 49.7 Å². The Morgan fingerprint density at radius 2 is 1.06 bits per heavy atom. The van der Waals surface area contributed by atoms with Gasteiger partial charge in [-0.15, -0.1) is 0 Å². The van der Waals surface area contributed by atoms with Gasteiger partial charge >= 0.3 is 19.8 Å². The first-order chi connectivity index (χ1) is 31.8. The molecule has 0 radical (unpaired) electrons. The summed E-state index contributed by atoms with van der Waals surface area (Å²) in [7, 11) is -5.16. The second-order valence-electron chi connectivity index (χ2n) is 16.1. The average molecular weight is 949 g/mol. The van der Waals surface area contributed by atoms with Gasteiger partial charge in [0.15, 0.2) is 6.10 Å². The molecular formula is C51H81O14P. The Balaban J connectivity index is 2.55. The van der Waals surface area contributed by atoms with Gasteiger partial charge in [0, 0.05) is 12.8 Å². The monoisotopic (exact) mass is 949 g/mol. The van der Waals surface area contributed by atoms with E-state index < -0.39 is 81.8 Å². The average Bonchev–Trinajstić information content (AvgIpc) is 3.29. The number of aliphatic hydroxyl groups excluding tert-OH is 6. The van der Waals surface area contributed by atoms with Crippen molar-refractivity contribution in [2.75, 3.05) is 13.2 Å². The summed E-state index contributed by atoms with van der Waals surface area (Å²) in [6, 6.07) is 0. The van der Waals surface area contributed by atoms with Crippen LogP contribution >= 0.6 is 7.82 Å². The third-order valence-electron chi connectivity index (χ3n) is 10.2. The number of phosphoric acid groups is 1. The molecule has 0 saturated heterocycles. The molecule has 0 heterocycles. The molecule has 1 rings (SSSR count). The Hall–Kier alpha value is -3.53. The maximum Gasteiger partial charge on any atom is 0.472 e. The third kappa shape index (κ3) is 31.4. The van der Waals surface area contributed by atoms with Crippen LogP contribution in [-0.4, -0.2) is 110 Å². The number of rotatable bonds is 37. The number of allylic oxidation sites excluding steroid dienone is 16. The number of hydrogen-bond donors (Lipinski definition) is 7. The van der Waals surface area contributed by atoms with Crippen LogP contribution in [0.15, 0.2) is 109 Å². The largest absolute Gasteiger partial charge is 0.472 e. The summed E-state index contributed by atoms with van der Waals surface area (Å²) in [4.78, 5) is 35.7. The molecule has 1 aliphatic carbocycles. The van der Waals surface area contributed by atoms with Crippen molar-refractivity contribution in [1.29, 1.82) is 0 Å². The van der Waals surface area contributed by atoms with E-state index in [0.717, 1.165) is 64.2 Å². The lowest BCUT2D eigenvalue weighted by atomic mass is 9.85. The normalized spacial score (nSPS) is 22.7. The molecule has 0 aromatic carbocycles. The zero-order valence-corrected chi connectivity index (χ0v) is 40.2. The summed E-state index contributed by atoms with van der Waals surface area (Å²) >= 11 is 0. The predicted molar refractivity (Wildman–Crippen MR) is 259 cm³/mol. The summed E-state index contributed by atoms with van der Waals surface area (Å²) in [5.74, 6) is -1.25. The first kappa shape index (κ1) is 60.5.